The topological polar surface area (TPSA) is 12.0 Å². The monoisotopic (exact) mass is 245 g/mol. The standard InChI is InChI=1S/C17H27N/c1-4-10-18-17(12-15-6-5-7-15)16-11-13(2)8-9-14(16)3/h8-9,11,15,17-18H,4-7,10,12H2,1-3H3. The fraction of sp³-hybridized carbons (Fsp3) is 0.647. The van der Waals surface area contributed by atoms with Gasteiger partial charge in [-0.3, -0.25) is 0 Å². The normalized spacial score (nSPS) is 17.5. The lowest BCUT2D eigenvalue weighted by Gasteiger charge is -2.31. The van der Waals surface area contributed by atoms with Gasteiger partial charge < -0.3 is 5.32 Å². The molecule has 0 amide bonds. The summed E-state index contributed by atoms with van der Waals surface area (Å²) >= 11 is 0. The van der Waals surface area contributed by atoms with Crippen LogP contribution in [0.15, 0.2) is 18.2 Å². The Morgan fingerprint density at radius 2 is 2.06 bits per heavy atom. The van der Waals surface area contributed by atoms with Gasteiger partial charge in [0.25, 0.3) is 0 Å². The van der Waals surface area contributed by atoms with Gasteiger partial charge in [0.15, 0.2) is 0 Å². The van der Waals surface area contributed by atoms with Crippen LogP contribution in [0.1, 0.15) is 61.8 Å². The van der Waals surface area contributed by atoms with Crippen LogP contribution >= 0.6 is 0 Å². The van der Waals surface area contributed by atoms with Gasteiger partial charge in [-0.15, -0.1) is 0 Å². The average Bonchev–Trinajstić information content (AvgIpc) is 2.31. The Bertz CT molecular complexity index is 379. The third kappa shape index (κ3) is 3.35. The summed E-state index contributed by atoms with van der Waals surface area (Å²) in [6, 6.07) is 7.43. The van der Waals surface area contributed by atoms with Gasteiger partial charge in [-0.25, -0.2) is 0 Å². The molecule has 0 heterocycles. The molecular weight excluding hydrogens is 218 g/mol. The van der Waals surface area contributed by atoms with Crippen molar-refractivity contribution in [2.24, 2.45) is 5.92 Å². The Kier molecular flexibility index (Phi) is 4.82. The fourth-order valence-corrected chi connectivity index (χ4v) is 2.84. The van der Waals surface area contributed by atoms with E-state index in [1.165, 1.54) is 48.8 Å². The van der Waals surface area contributed by atoms with E-state index in [1.54, 1.807) is 0 Å². The SMILES string of the molecule is CCCNC(CC1CCC1)c1cc(C)ccc1C. The molecule has 0 aliphatic heterocycles. The maximum absolute atomic E-state index is 3.75. The summed E-state index contributed by atoms with van der Waals surface area (Å²) in [5, 5.41) is 3.75. The number of hydrogen-bond donors (Lipinski definition) is 1. The number of nitrogens with one attached hydrogen (secondary N) is 1. The zero-order chi connectivity index (χ0) is 13.0. The molecule has 18 heavy (non-hydrogen) atoms. The second-order valence-electron chi connectivity index (χ2n) is 5.90. The molecule has 1 heteroatoms. The molecule has 1 N–H and O–H groups in total. The summed E-state index contributed by atoms with van der Waals surface area (Å²) in [4.78, 5) is 0. The quantitative estimate of drug-likeness (QED) is 0.776. The first-order chi connectivity index (χ1) is 8.70. The van der Waals surface area contributed by atoms with Crippen LogP contribution in [0.5, 0.6) is 0 Å². The molecule has 1 aliphatic carbocycles. The van der Waals surface area contributed by atoms with Crippen molar-refractivity contribution in [2.45, 2.75) is 58.9 Å². The smallest absolute Gasteiger partial charge is 0.0325 e. The van der Waals surface area contributed by atoms with Gasteiger partial charge in [-0.1, -0.05) is 49.9 Å². The van der Waals surface area contributed by atoms with Crippen molar-refractivity contribution < 1.29 is 0 Å². The van der Waals surface area contributed by atoms with Crippen molar-refractivity contribution in [3.63, 3.8) is 0 Å². The second kappa shape index (κ2) is 6.38. The molecule has 1 aromatic rings. The minimum Gasteiger partial charge on any atom is -0.310 e. The van der Waals surface area contributed by atoms with Crippen LogP contribution < -0.4 is 5.32 Å². The van der Waals surface area contributed by atoms with E-state index >= 15 is 0 Å². The molecule has 100 valence electrons. The van der Waals surface area contributed by atoms with Crippen molar-refractivity contribution in [2.75, 3.05) is 6.54 Å². The van der Waals surface area contributed by atoms with E-state index in [0.717, 1.165) is 12.5 Å². The van der Waals surface area contributed by atoms with Gasteiger partial charge in [0.2, 0.25) is 0 Å². The molecule has 1 aromatic carbocycles. The highest BCUT2D eigenvalue weighted by molar-refractivity contribution is 5.33. The lowest BCUT2D eigenvalue weighted by atomic mass is 9.79. The van der Waals surface area contributed by atoms with E-state index in [2.05, 4.69) is 44.3 Å². The minimum atomic E-state index is 0.565. The van der Waals surface area contributed by atoms with Crippen molar-refractivity contribution in [3.8, 4) is 0 Å². The van der Waals surface area contributed by atoms with Gasteiger partial charge >= 0.3 is 0 Å². The zero-order valence-corrected chi connectivity index (χ0v) is 12.1. The zero-order valence-electron chi connectivity index (χ0n) is 12.1. The Balaban J connectivity index is 2.11. The van der Waals surface area contributed by atoms with E-state index in [4.69, 9.17) is 0 Å². The Morgan fingerprint density at radius 1 is 1.28 bits per heavy atom. The van der Waals surface area contributed by atoms with Gasteiger partial charge in [0, 0.05) is 6.04 Å². The molecular formula is C17H27N. The number of benzene rings is 1. The lowest BCUT2D eigenvalue weighted by molar-refractivity contribution is 0.261. The van der Waals surface area contributed by atoms with E-state index in [0.29, 0.717) is 6.04 Å². The average molecular weight is 245 g/mol. The highest BCUT2D eigenvalue weighted by Crippen LogP contribution is 2.35. The molecule has 1 fully saturated rings. The second-order valence-corrected chi connectivity index (χ2v) is 5.90. The van der Waals surface area contributed by atoms with Crippen LogP contribution in [0.25, 0.3) is 0 Å². The van der Waals surface area contributed by atoms with Gasteiger partial charge in [-0.05, 0) is 50.3 Å². The largest absolute Gasteiger partial charge is 0.310 e. The van der Waals surface area contributed by atoms with E-state index < -0.39 is 0 Å². The van der Waals surface area contributed by atoms with E-state index in [-0.39, 0.29) is 0 Å². The Morgan fingerprint density at radius 3 is 2.67 bits per heavy atom. The molecule has 1 aliphatic rings. The molecule has 1 atom stereocenters. The van der Waals surface area contributed by atoms with Crippen molar-refractivity contribution in [1.29, 1.82) is 0 Å². The molecule has 1 unspecified atom stereocenters. The van der Waals surface area contributed by atoms with Crippen molar-refractivity contribution >= 4 is 0 Å². The van der Waals surface area contributed by atoms with E-state index in [1.807, 2.05) is 0 Å². The maximum atomic E-state index is 3.75. The van der Waals surface area contributed by atoms with Crippen molar-refractivity contribution in [1.82, 2.24) is 5.32 Å². The van der Waals surface area contributed by atoms with E-state index in [9.17, 15) is 0 Å². The van der Waals surface area contributed by atoms with Crippen LogP contribution in [0.2, 0.25) is 0 Å². The van der Waals surface area contributed by atoms with Gasteiger partial charge in [0.1, 0.15) is 0 Å². The molecule has 0 bridgehead atoms. The summed E-state index contributed by atoms with van der Waals surface area (Å²) in [6.07, 6.45) is 6.86. The van der Waals surface area contributed by atoms with Crippen LogP contribution in [0.4, 0.5) is 0 Å². The van der Waals surface area contributed by atoms with Crippen LogP contribution in [-0.2, 0) is 0 Å². The van der Waals surface area contributed by atoms with Crippen LogP contribution in [-0.4, -0.2) is 6.54 Å². The Hall–Kier alpha value is -0.820. The summed E-state index contributed by atoms with van der Waals surface area (Å²) < 4.78 is 0. The lowest BCUT2D eigenvalue weighted by Crippen LogP contribution is -2.27. The van der Waals surface area contributed by atoms with Crippen LogP contribution in [0.3, 0.4) is 0 Å². The summed E-state index contributed by atoms with van der Waals surface area (Å²) in [5.41, 5.74) is 4.34. The molecule has 1 saturated carbocycles. The minimum absolute atomic E-state index is 0.565. The highest BCUT2D eigenvalue weighted by atomic mass is 14.9. The first-order valence-corrected chi connectivity index (χ1v) is 7.51. The number of rotatable bonds is 6. The van der Waals surface area contributed by atoms with Gasteiger partial charge in [0.05, 0.1) is 0 Å². The molecule has 1 nitrogen and oxygen atoms in total. The van der Waals surface area contributed by atoms with Crippen molar-refractivity contribution in [3.05, 3.63) is 34.9 Å². The molecule has 0 radical (unpaired) electrons. The molecule has 0 aromatic heterocycles. The fourth-order valence-electron chi connectivity index (χ4n) is 2.84. The van der Waals surface area contributed by atoms with Gasteiger partial charge in [-0.2, -0.15) is 0 Å². The molecule has 0 spiro atoms. The Labute approximate surface area is 112 Å². The summed E-state index contributed by atoms with van der Waals surface area (Å²) in [5.74, 6) is 0.958. The number of hydrogen-bond acceptors (Lipinski definition) is 1. The van der Waals surface area contributed by atoms with Crippen LogP contribution in [0, 0.1) is 19.8 Å². The molecule has 0 saturated heterocycles. The highest BCUT2D eigenvalue weighted by Gasteiger charge is 2.23. The number of aryl methyl sites for hydroxylation is 2. The first kappa shape index (κ1) is 13.6. The maximum Gasteiger partial charge on any atom is 0.0325 e. The summed E-state index contributed by atoms with van der Waals surface area (Å²) in [6.45, 7) is 7.82. The first-order valence-electron chi connectivity index (χ1n) is 7.51. The predicted molar refractivity (Wildman–Crippen MR) is 78.9 cm³/mol. The summed E-state index contributed by atoms with van der Waals surface area (Å²) in [7, 11) is 0. The third-order valence-electron chi connectivity index (χ3n) is 4.24. The third-order valence-corrected chi connectivity index (χ3v) is 4.24. The predicted octanol–water partition coefficient (Wildman–Crippen LogP) is 4.53. The molecule has 2 rings (SSSR count).